The summed E-state index contributed by atoms with van der Waals surface area (Å²) in [5.74, 6) is -0.444. The Balaban J connectivity index is 1.80. The van der Waals surface area contributed by atoms with E-state index in [2.05, 4.69) is 0 Å². The summed E-state index contributed by atoms with van der Waals surface area (Å²) in [7, 11) is 1.54. The third kappa shape index (κ3) is 2.73. The normalized spacial score (nSPS) is 17.5. The number of ether oxygens (including phenoxy) is 1. The molecular weight excluding hydrogens is 290 g/mol. The van der Waals surface area contributed by atoms with Crippen LogP contribution in [0.5, 0.6) is 5.75 Å². The van der Waals surface area contributed by atoms with Crippen LogP contribution >= 0.6 is 0 Å². The minimum Gasteiger partial charge on any atom is -0.496 e. The van der Waals surface area contributed by atoms with E-state index in [0.717, 1.165) is 5.23 Å². The molecule has 0 radical (unpaired) electrons. The fourth-order valence-corrected chi connectivity index (χ4v) is 2.03. The fraction of sp³-hybridized carbons (Fsp3) is 0.133. The number of aromatic carboxylic acids is 1. The molecule has 1 unspecified atom stereocenters. The van der Waals surface area contributed by atoms with Crippen LogP contribution in [0.1, 0.15) is 22.2 Å². The van der Waals surface area contributed by atoms with E-state index in [4.69, 9.17) is 24.6 Å². The number of anilines is 1. The van der Waals surface area contributed by atoms with Crippen LogP contribution in [0.4, 0.5) is 5.69 Å². The molecule has 0 amide bonds. The molecule has 0 spiro atoms. The van der Waals surface area contributed by atoms with E-state index < -0.39 is 12.3 Å². The van der Waals surface area contributed by atoms with Crippen LogP contribution in [0.25, 0.3) is 0 Å². The molecule has 2 aromatic carbocycles. The highest BCUT2D eigenvalue weighted by atomic mass is 17.4. The van der Waals surface area contributed by atoms with Gasteiger partial charge in [0.1, 0.15) is 5.75 Å². The van der Waals surface area contributed by atoms with Crippen molar-refractivity contribution in [1.82, 2.24) is 0 Å². The van der Waals surface area contributed by atoms with Gasteiger partial charge in [-0.1, -0.05) is 34.5 Å². The monoisotopic (exact) mass is 303 g/mol. The van der Waals surface area contributed by atoms with Crippen LogP contribution in [-0.2, 0) is 14.7 Å². The fourth-order valence-electron chi connectivity index (χ4n) is 2.03. The first-order valence-electron chi connectivity index (χ1n) is 6.45. The summed E-state index contributed by atoms with van der Waals surface area (Å²) in [5.41, 5.74) is 1.17. The summed E-state index contributed by atoms with van der Waals surface area (Å²) >= 11 is 0. The van der Waals surface area contributed by atoms with Gasteiger partial charge in [-0.05, 0) is 24.3 Å². The van der Waals surface area contributed by atoms with Crippen molar-refractivity contribution in [2.75, 3.05) is 12.3 Å². The maximum Gasteiger partial charge on any atom is 0.335 e. The predicted octanol–water partition coefficient (Wildman–Crippen LogP) is 2.71. The zero-order valence-electron chi connectivity index (χ0n) is 11.6. The highest BCUT2D eigenvalue weighted by Gasteiger charge is 2.31. The number of methoxy groups -OCH3 is 1. The quantitative estimate of drug-likeness (QED) is 0.870. The number of hydrogen-bond acceptors (Lipinski definition) is 6. The topological polar surface area (TPSA) is 77.5 Å². The van der Waals surface area contributed by atoms with Crippen LogP contribution in [0, 0.1) is 0 Å². The van der Waals surface area contributed by atoms with Gasteiger partial charge in [0.15, 0.2) is 0 Å². The summed E-state index contributed by atoms with van der Waals surface area (Å²) in [5, 5.41) is 10.0. The Morgan fingerprint density at radius 1 is 1.23 bits per heavy atom. The van der Waals surface area contributed by atoms with Crippen molar-refractivity contribution in [2.45, 2.75) is 6.29 Å². The number of carboxylic acids is 1. The average Bonchev–Trinajstić information content (AvgIpc) is 3.04. The molecule has 7 heteroatoms. The lowest BCUT2D eigenvalue weighted by Crippen LogP contribution is -2.15. The molecule has 0 saturated carbocycles. The molecule has 1 saturated heterocycles. The second kappa shape index (κ2) is 6.02. The number of nitrogens with zero attached hydrogens (tertiary/aromatic N) is 1. The van der Waals surface area contributed by atoms with Crippen LogP contribution in [0.3, 0.4) is 0 Å². The molecule has 1 heterocycles. The van der Waals surface area contributed by atoms with Crippen LogP contribution in [0.15, 0.2) is 48.5 Å². The number of benzene rings is 2. The van der Waals surface area contributed by atoms with Crippen molar-refractivity contribution >= 4 is 11.7 Å². The molecule has 1 fully saturated rings. The molecule has 3 rings (SSSR count). The molecule has 22 heavy (non-hydrogen) atoms. The Morgan fingerprint density at radius 3 is 2.82 bits per heavy atom. The van der Waals surface area contributed by atoms with E-state index >= 15 is 0 Å². The Morgan fingerprint density at radius 2 is 2.05 bits per heavy atom. The van der Waals surface area contributed by atoms with Gasteiger partial charge in [-0.15, -0.1) is 0 Å². The van der Waals surface area contributed by atoms with Gasteiger partial charge in [0.2, 0.25) is 0 Å². The van der Waals surface area contributed by atoms with Crippen LogP contribution < -0.4 is 9.96 Å². The lowest BCUT2D eigenvalue weighted by molar-refractivity contribution is -0.286. The van der Waals surface area contributed by atoms with Crippen molar-refractivity contribution in [3.63, 3.8) is 0 Å². The molecule has 1 N–H and O–H groups in total. The summed E-state index contributed by atoms with van der Waals surface area (Å²) in [6.07, 6.45) is -0.815. The third-order valence-corrected chi connectivity index (χ3v) is 3.09. The Bertz CT molecular complexity index is 689. The van der Waals surface area contributed by atoms with Crippen LogP contribution in [0.2, 0.25) is 0 Å². The van der Waals surface area contributed by atoms with Crippen LogP contribution in [-0.4, -0.2) is 18.2 Å². The van der Waals surface area contributed by atoms with E-state index in [1.807, 2.05) is 12.1 Å². The molecule has 1 aliphatic rings. The standard InChI is InChI=1S/C15H13NO6/c1-19-13-8-3-2-7-12(13)15-20-16(22-21-15)11-6-4-5-10(9-11)14(17)18/h2-9,15H,1H3,(H,17,18). The second-order valence-electron chi connectivity index (χ2n) is 4.46. The van der Waals surface area contributed by atoms with Crippen molar-refractivity contribution < 1.29 is 29.4 Å². The molecule has 114 valence electrons. The minimum absolute atomic E-state index is 0.116. The highest BCUT2D eigenvalue weighted by Crippen LogP contribution is 2.35. The highest BCUT2D eigenvalue weighted by molar-refractivity contribution is 5.88. The lowest BCUT2D eigenvalue weighted by atomic mass is 10.2. The zero-order valence-corrected chi connectivity index (χ0v) is 11.6. The summed E-state index contributed by atoms with van der Waals surface area (Å²) in [6, 6.07) is 13.3. The number of carbonyl (C=O) groups is 1. The summed E-state index contributed by atoms with van der Waals surface area (Å²) in [4.78, 5) is 26.6. The van der Waals surface area contributed by atoms with Gasteiger partial charge in [-0.3, -0.25) is 0 Å². The van der Waals surface area contributed by atoms with E-state index in [1.165, 1.54) is 12.1 Å². The number of carboxylic acid groups (broad SMARTS) is 1. The lowest BCUT2D eigenvalue weighted by Gasteiger charge is -2.13. The van der Waals surface area contributed by atoms with Gasteiger partial charge in [0.05, 0.1) is 23.9 Å². The molecule has 0 bridgehead atoms. The average molecular weight is 303 g/mol. The number of para-hydroxylation sites is 1. The first-order valence-corrected chi connectivity index (χ1v) is 6.45. The maximum absolute atomic E-state index is 11.0. The van der Waals surface area contributed by atoms with Crippen molar-refractivity contribution in [3.8, 4) is 5.75 Å². The minimum atomic E-state index is -1.04. The molecule has 0 aromatic heterocycles. The molecule has 7 nitrogen and oxygen atoms in total. The molecule has 1 aliphatic heterocycles. The number of hydrogen-bond donors (Lipinski definition) is 1. The van der Waals surface area contributed by atoms with Gasteiger partial charge in [-0.25, -0.2) is 9.63 Å². The van der Waals surface area contributed by atoms with E-state index in [-0.39, 0.29) is 5.56 Å². The largest absolute Gasteiger partial charge is 0.496 e. The maximum atomic E-state index is 11.0. The Kier molecular flexibility index (Phi) is 3.92. The second-order valence-corrected chi connectivity index (χ2v) is 4.46. The van der Waals surface area contributed by atoms with Crippen molar-refractivity contribution in [3.05, 3.63) is 59.7 Å². The summed E-state index contributed by atoms with van der Waals surface area (Å²) < 4.78 is 5.24. The first-order chi connectivity index (χ1) is 10.7. The van der Waals surface area contributed by atoms with Crippen molar-refractivity contribution in [2.24, 2.45) is 0 Å². The van der Waals surface area contributed by atoms with Crippen molar-refractivity contribution in [1.29, 1.82) is 0 Å². The molecule has 1 atom stereocenters. The first kappa shape index (κ1) is 14.3. The number of rotatable bonds is 4. The molecule has 0 aliphatic carbocycles. The van der Waals surface area contributed by atoms with Gasteiger partial charge < -0.3 is 9.84 Å². The van der Waals surface area contributed by atoms with Gasteiger partial charge in [0, 0.05) is 0 Å². The molecular formula is C15H13NO6. The summed E-state index contributed by atoms with van der Waals surface area (Å²) in [6.45, 7) is 0. The third-order valence-electron chi connectivity index (χ3n) is 3.09. The van der Waals surface area contributed by atoms with E-state index in [1.54, 1.807) is 31.4 Å². The smallest absolute Gasteiger partial charge is 0.335 e. The van der Waals surface area contributed by atoms with E-state index in [0.29, 0.717) is 17.0 Å². The van der Waals surface area contributed by atoms with Gasteiger partial charge in [0.25, 0.3) is 6.29 Å². The predicted molar refractivity (Wildman–Crippen MR) is 74.9 cm³/mol. The van der Waals surface area contributed by atoms with Gasteiger partial charge in [-0.2, -0.15) is 4.89 Å². The molecule has 2 aromatic rings. The van der Waals surface area contributed by atoms with Gasteiger partial charge >= 0.3 is 5.97 Å². The van der Waals surface area contributed by atoms with E-state index in [9.17, 15) is 4.79 Å². The Hall–Kier alpha value is -2.61. The Labute approximate surface area is 126 Å². The zero-order chi connectivity index (χ0) is 15.5. The SMILES string of the molecule is COc1ccccc1C1OON(c2cccc(C(=O)O)c2)O1.